The molecule has 2 amide bonds. The number of hydrogen-bond donors (Lipinski definition) is 3. The fourth-order valence-corrected chi connectivity index (χ4v) is 4.67. The molecule has 0 bridgehead atoms. The molecule has 2 atom stereocenters. The van der Waals surface area contributed by atoms with Crippen LogP contribution >= 0.6 is 11.8 Å². The molecule has 2 aliphatic rings. The number of H-pyrrole nitrogens is 1. The smallest absolute Gasteiger partial charge is 0.323 e. The zero-order valence-electron chi connectivity index (χ0n) is 14.3. The van der Waals surface area contributed by atoms with Crippen molar-refractivity contribution in [1.82, 2.24) is 15.4 Å². The highest BCUT2D eigenvalue weighted by Gasteiger charge is 2.36. The number of urea groups is 1. The molecule has 1 aromatic heterocycles. The summed E-state index contributed by atoms with van der Waals surface area (Å²) in [5.74, 6) is 0.500. The number of aromatic nitrogens is 2. The Morgan fingerprint density at radius 1 is 1.07 bits per heavy atom. The van der Waals surface area contributed by atoms with Gasteiger partial charge in [-0.1, -0.05) is 48.6 Å². The van der Waals surface area contributed by atoms with Crippen molar-refractivity contribution in [1.29, 1.82) is 0 Å². The number of imidazole rings is 1. The van der Waals surface area contributed by atoms with Gasteiger partial charge in [0.25, 0.3) is 0 Å². The first-order valence-corrected chi connectivity index (χ1v) is 9.58. The molecule has 6 nitrogen and oxygen atoms in total. The highest BCUT2D eigenvalue weighted by molar-refractivity contribution is 8.00. The number of benzene rings is 2. The number of amides is 2. The highest BCUT2D eigenvalue weighted by Crippen LogP contribution is 2.43. The maximum atomic E-state index is 13.0. The predicted molar refractivity (Wildman–Crippen MR) is 109 cm³/mol. The van der Waals surface area contributed by atoms with Gasteiger partial charge in [-0.15, -0.1) is 11.8 Å². The number of hydrogen-bond acceptors (Lipinski definition) is 4. The van der Waals surface area contributed by atoms with E-state index in [1.54, 1.807) is 16.7 Å². The second-order valence-electron chi connectivity index (χ2n) is 6.34. The van der Waals surface area contributed by atoms with Gasteiger partial charge in [-0.25, -0.2) is 15.2 Å². The maximum Gasteiger partial charge on any atom is 0.341 e. The Hall–Kier alpha value is -3.19. The summed E-state index contributed by atoms with van der Waals surface area (Å²) >= 11 is 1.78. The molecule has 0 fully saturated rings. The SMILES string of the molecule is O=C(NNc1nc2ccccc2[nH]1)N1c2ccccc2S[C@H]2C=CC=C[C@@H]21. The van der Waals surface area contributed by atoms with E-state index in [4.69, 9.17) is 0 Å². The fourth-order valence-electron chi connectivity index (χ4n) is 3.41. The highest BCUT2D eigenvalue weighted by atomic mass is 32.2. The third-order valence-electron chi connectivity index (χ3n) is 4.64. The number of para-hydroxylation sites is 3. The molecule has 3 aromatic rings. The first kappa shape index (κ1) is 16.0. The van der Waals surface area contributed by atoms with Gasteiger partial charge in [0.1, 0.15) is 0 Å². The topological polar surface area (TPSA) is 73.0 Å². The predicted octanol–water partition coefficient (Wildman–Crippen LogP) is 4.07. The maximum absolute atomic E-state index is 13.0. The molecular formula is C20H17N5OS. The number of thioether (sulfide) groups is 1. The van der Waals surface area contributed by atoms with E-state index in [0.717, 1.165) is 21.6 Å². The number of carbonyl (C=O) groups is 1. The van der Waals surface area contributed by atoms with Crippen molar-refractivity contribution >= 4 is 40.5 Å². The van der Waals surface area contributed by atoms with Crippen LogP contribution in [-0.2, 0) is 0 Å². The first-order valence-electron chi connectivity index (χ1n) is 8.70. The second kappa shape index (κ2) is 6.51. The van der Waals surface area contributed by atoms with E-state index in [0.29, 0.717) is 5.95 Å². The Morgan fingerprint density at radius 2 is 1.89 bits per heavy atom. The summed E-state index contributed by atoms with van der Waals surface area (Å²) in [7, 11) is 0. The van der Waals surface area contributed by atoms with Gasteiger partial charge in [0, 0.05) is 4.90 Å². The fraction of sp³-hybridized carbons (Fsp3) is 0.100. The third-order valence-corrected chi connectivity index (χ3v) is 5.95. The van der Waals surface area contributed by atoms with Gasteiger partial charge >= 0.3 is 6.03 Å². The largest absolute Gasteiger partial charge is 0.341 e. The summed E-state index contributed by atoms with van der Waals surface area (Å²) in [5, 5.41) is 0.196. The van der Waals surface area contributed by atoms with Crippen LogP contribution in [0.4, 0.5) is 16.4 Å². The van der Waals surface area contributed by atoms with Gasteiger partial charge in [0.2, 0.25) is 5.95 Å². The number of aromatic amines is 1. The molecule has 5 rings (SSSR count). The molecule has 0 saturated heterocycles. The van der Waals surface area contributed by atoms with E-state index in [2.05, 4.69) is 39.0 Å². The van der Waals surface area contributed by atoms with Crippen molar-refractivity contribution < 1.29 is 4.79 Å². The van der Waals surface area contributed by atoms with E-state index >= 15 is 0 Å². The number of nitrogens with one attached hydrogen (secondary N) is 3. The summed E-state index contributed by atoms with van der Waals surface area (Å²) in [5.41, 5.74) is 8.34. The monoisotopic (exact) mass is 375 g/mol. The van der Waals surface area contributed by atoms with Gasteiger partial charge in [-0.05, 0) is 24.3 Å². The lowest BCUT2D eigenvalue weighted by molar-refractivity contribution is 0.246. The van der Waals surface area contributed by atoms with Crippen molar-refractivity contribution in [3.63, 3.8) is 0 Å². The van der Waals surface area contributed by atoms with Gasteiger partial charge < -0.3 is 4.98 Å². The minimum atomic E-state index is -0.224. The van der Waals surface area contributed by atoms with Crippen LogP contribution in [-0.4, -0.2) is 27.3 Å². The Morgan fingerprint density at radius 3 is 2.81 bits per heavy atom. The van der Waals surface area contributed by atoms with E-state index < -0.39 is 0 Å². The number of fused-ring (bicyclic) bond motifs is 3. The number of carbonyl (C=O) groups excluding carboxylic acids is 1. The molecule has 0 saturated carbocycles. The molecule has 1 aliphatic carbocycles. The number of rotatable bonds is 2. The molecule has 134 valence electrons. The number of hydrazine groups is 1. The molecule has 2 aromatic carbocycles. The molecule has 2 heterocycles. The molecule has 0 spiro atoms. The molecule has 27 heavy (non-hydrogen) atoms. The van der Waals surface area contributed by atoms with Crippen molar-refractivity contribution in [2.75, 3.05) is 10.3 Å². The minimum Gasteiger partial charge on any atom is -0.323 e. The quantitative estimate of drug-likeness (QED) is 0.590. The zero-order valence-corrected chi connectivity index (χ0v) is 15.1. The van der Waals surface area contributed by atoms with Crippen LogP contribution in [0.25, 0.3) is 11.0 Å². The van der Waals surface area contributed by atoms with Crippen LogP contribution in [0.2, 0.25) is 0 Å². The van der Waals surface area contributed by atoms with Crippen LogP contribution in [0.5, 0.6) is 0 Å². The van der Waals surface area contributed by atoms with Gasteiger partial charge in [0.15, 0.2) is 0 Å². The Kier molecular flexibility index (Phi) is 3.86. The van der Waals surface area contributed by atoms with Gasteiger partial charge in [-0.2, -0.15) is 0 Å². The lowest BCUT2D eigenvalue weighted by Crippen LogP contribution is -2.53. The zero-order chi connectivity index (χ0) is 18.2. The first-order chi connectivity index (χ1) is 13.3. The van der Waals surface area contributed by atoms with Crippen molar-refractivity contribution in [3.05, 3.63) is 72.8 Å². The molecular weight excluding hydrogens is 358 g/mol. The summed E-state index contributed by atoms with van der Waals surface area (Å²) in [6.07, 6.45) is 8.22. The lowest BCUT2D eigenvalue weighted by Gasteiger charge is -2.40. The summed E-state index contributed by atoms with van der Waals surface area (Å²) in [6, 6.07) is 15.4. The van der Waals surface area contributed by atoms with Crippen molar-refractivity contribution in [2.45, 2.75) is 16.2 Å². The van der Waals surface area contributed by atoms with E-state index in [9.17, 15) is 4.79 Å². The summed E-state index contributed by atoms with van der Waals surface area (Å²) < 4.78 is 0. The molecule has 3 N–H and O–H groups in total. The lowest BCUT2D eigenvalue weighted by atomic mass is 10.1. The molecule has 1 aliphatic heterocycles. The number of nitrogens with zero attached hydrogens (tertiary/aromatic N) is 2. The van der Waals surface area contributed by atoms with Crippen LogP contribution in [0.15, 0.2) is 77.7 Å². The standard InChI is InChI=1S/C20H17N5OS/c26-20(24-23-19-21-13-7-1-2-8-14(13)22-19)25-15-9-3-5-11-17(15)27-18-12-6-4-10-16(18)25/h1-12,15,17H,(H,24,26)(H2,21,22,23)/t15-,17-/m0/s1. The normalized spacial score (nSPS) is 20.2. The van der Waals surface area contributed by atoms with Gasteiger partial charge in [0.05, 0.1) is 28.0 Å². The van der Waals surface area contributed by atoms with E-state index in [1.807, 2.05) is 54.6 Å². The van der Waals surface area contributed by atoms with Crippen LogP contribution in [0.3, 0.4) is 0 Å². The van der Waals surface area contributed by atoms with Gasteiger partial charge in [-0.3, -0.25) is 10.3 Å². The van der Waals surface area contributed by atoms with E-state index in [-0.39, 0.29) is 17.3 Å². The minimum absolute atomic E-state index is 0.0348. The number of allylic oxidation sites excluding steroid dienone is 2. The van der Waals surface area contributed by atoms with Crippen molar-refractivity contribution in [3.8, 4) is 0 Å². The molecule has 7 heteroatoms. The Bertz CT molecular complexity index is 1040. The average molecular weight is 375 g/mol. The third kappa shape index (κ3) is 2.86. The summed E-state index contributed by atoms with van der Waals surface area (Å²) in [6.45, 7) is 0. The Balaban J connectivity index is 1.41. The van der Waals surface area contributed by atoms with Crippen LogP contribution < -0.4 is 15.8 Å². The van der Waals surface area contributed by atoms with Crippen LogP contribution in [0.1, 0.15) is 0 Å². The molecule has 0 radical (unpaired) electrons. The molecule has 0 unspecified atom stereocenters. The number of anilines is 2. The Labute approximate surface area is 160 Å². The average Bonchev–Trinajstić information content (AvgIpc) is 3.13. The van der Waals surface area contributed by atoms with Crippen LogP contribution in [0, 0.1) is 0 Å². The second-order valence-corrected chi connectivity index (χ2v) is 7.56. The van der Waals surface area contributed by atoms with Crippen molar-refractivity contribution in [2.24, 2.45) is 0 Å². The van der Waals surface area contributed by atoms with E-state index in [1.165, 1.54) is 0 Å². The summed E-state index contributed by atoms with van der Waals surface area (Å²) in [4.78, 5) is 23.5.